The summed E-state index contributed by atoms with van der Waals surface area (Å²) in [6.45, 7) is 0.297. The summed E-state index contributed by atoms with van der Waals surface area (Å²) in [7, 11) is 3.04. The minimum atomic E-state index is -4.37. The fourth-order valence-electron chi connectivity index (χ4n) is 1.69. The molecule has 0 saturated carbocycles. The summed E-state index contributed by atoms with van der Waals surface area (Å²) in [6.07, 6.45) is -3.56. The van der Waals surface area contributed by atoms with Gasteiger partial charge >= 0.3 is 6.18 Å². The van der Waals surface area contributed by atoms with Gasteiger partial charge in [0.1, 0.15) is 4.88 Å². The Balaban J connectivity index is 2.13. The summed E-state index contributed by atoms with van der Waals surface area (Å²) >= 11 is 3.95. The largest absolute Gasteiger partial charge is 0.493 e. The van der Waals surface area contributed by atoms with E-state index in [9.17, 15) is 13.2 Å². The first kappa shape index (κ1) is 16.9. The fourth-order valence-corrected chi connectivity index (χ4v) is 2.83. The predicted octanol–water partition coefficient (Wildman–Crippen LogP) is 4.55. The summed E-state index contributed by atoms with van der Waals surface area (Å²) < 4.78 is 48.7. The molecule has 0 spiro atoms. The molecule has 0 radical (unpaired) electrons. The van der Waals surface area contributed by atoms with Crippen molar-refractivity contribution < 1.29 is 22.6 Å². The van der Waals surface area contributed by atoms with Gasteiger partial charge in [-0.1, -0.05) is 27.3 Å². The lowest BCUT2D eigenvalue weighted by molar-refractivity contribution is -0.134. The Morgan fingerprint density at radius 3 is 2.41 bits per heavy atom. The van der Waals surface area contributed by atoms with Crippen molar-refractivity contribution >= 4 is 32.4 Å². The van der Waals surface area contributed by atoms with Gasteiger partial charge in [0.15, 0.2) is 16.6 Å². The average Bonchev–Trinajstić information content (AvgIpc) is 2.94. The molecule has 0 aliphatic carbocycles. The molecular weight excluding hydrogens is 385 g/mol. The minimum absolute atomic E-state index is 0.203. The van der Waals surface area contributed by atoms with E-state index in [4.69, 9.17) is 9.47 Å². The molecule has 0 fully saturated rings. The molecule has 0 bridgehead atoms. The summed E-state index contributed by atoms with van der Waals surface area (Å²) in [6, 6.07) is 3.48. The molecule has 4 nitrogen and oxygen atoms in total. The van der Waals surface area contributed by atoms with Crippen LogP contribution in [-0.4, -0.2) is 19.2 Å². The van der Waals surface area contributed by atoms with Crippen LogP contribution < -0.4 is 14.8 Å². The van der Waals surface area contributed by atoms with Gasteiger partial charge < -0.3 is 14.8 Å². The van der Waals surface area contributed by atoms with Crippen LogP contribution in [0.2, 0.25) is 0 Å². The van der Waals surface area contributed by atoms with E-state index in [2.05, 4.69) is 26.2 Å². The van der Waals surface area contributed by atoms with Crippen molar-refractivity contribution in [3.8, 4) is 11.5 Å². The summed E-state index contributed by atoms with van der Waals surface area (Å²) in [5.74, 6) is 1.10. The highest BCUT2D eigenvalue weighted by atomic mass is 79.9. The molecule has 0 aliphatic heterocycles. The Labute approximate surface area is 137 Å². The Hall–Kier alpha value is -1.48. The number of methoxy groups -OCH3 is 2. The van der Waals surface area contributed by atoms with Crippen LogP contribution in [0.5, 0.6) is 11.5 Å². The maximum absolute atomic E-state index is 12.5. The third-order valence-electron chi connectivity index (χ3n) is 2.77. The molecular formula is C13H12BrF3N2O2S. The maximum Gasteiger partial charge on any atom is 0.427 e. The number of nitrogens with one attached hydrogen (secondary N) is 1. The number of rotatable bonds is 5. The lowest BCUT2D eigenvalue weighted by Gasteiger charge is -2.12. The van der Waals surface area contributed by atoms with Gasteiger partial charge in [0.2, 0.25) is 0 Å². The molecule has 9 heteroatoms. The molecule has 22 heavy (non-hydrogen) atoms. The van der Waals surface area contributed by atoms with Gasteiger partial charge in [-0.05, 0) is 17.7 Å². The monoisotopic (exact) mass is 396 g/mol. The number of halogens is 4. The van der Waals surface area contributed by atoms with E-state index in [1.165, 1.54) is 14.2 Å². The lowest BCUT2D eigenvalue weighted by atomic mass is 10.2. The second-order valence-corrected chi connectivity index (χ2v) is 6.06. The maximum atomic E-state index is 12.5. The molecule has 0 saturated heterocycles. The molecule has 0 amide bonds. The third kappa shape index (κ3) is 3.83. The van der Waals surface area contributed by atoms with Gasteiger partial charge in [-0.3, -0.25) is 0 Å². The van der Waals surface area contributed by atoms with E-state index >= 15 is 0 Å². The molecule has 0 atom stereocenters. The number of anilines is 1. The zero-order valence-electron chi connectivity index (χ0n) is 11.6. The Kier molecular flexibility index (Phi) is 5.17. The Morgan fingerprint density at radius 2 is 1.86 bits per heavy atom. The normalized spacial score (nSPS) is 11.4. The second kappa shape index (κ2) is 6.74. The zero-order valence-corrected chi connectivity index (χ0v) is 14.0. The fraction of sp³-hybridized carbons (Fsp3) is 0.308. The minimum Gasteiger partial charge on any atom is -0.493 e. The molecule has 1 aromatic heterocycles. The smallest absolute Gasteiger partial charge is 0.427 e. The molecule has 0 unspecified atom stereocenters. The van der Waals surface area contributed by atoms with Gasteiger partial charge in [-0.2, -0.15) is 13.2 Å². The van der Waals surface area contributed by atoms with Crippen LogP contribution in [0.3, 0.4) is 0 Å². The summed E-state index contributed by atoms with van der Waals surface area (Å²) in [5.41, 5.74) is 0.807. The third-order valence-corrected chi connectivity index (χ3v) is 4.51. The topological polar surface area (TPSA) is 43.4 Å². The van der Waals surface area contributed by atoms with Crippen molar-refractivity contribution in [2.24, 2.45) is 0 Å². The molecule has 1 heterocycles. The lowest BCUT2D eigenvalue weighted by Crippen LogP contribution is -2.02. The second-order valence-electron chi connectivity index (χ2n) is 4.18. The van der Waals surface area contributed by atoms with Crippen LogP contribution >= 0.6 is 27.3 Å². The van der Waals surface area contributed by atoms with E-state index in [1.807, 2.05) is 0 Å². The number of thiazole rings is 1. The number of ether oxygens (including phenoxy) is 2. The van der Waals surface area contributed by atoms with Gasteiger partial charge in [0, 0.05) is 11.0 Å². The Morgan fingerprint density at radius 1 is 1.23 bits per heavy atom. The van der Waals surface area contributed by atoms with Gasteiger partial charge in [0.05, 0.1) is 20.4 Å². The van der Waals surface area contributed by atoms with Crippen molar-refractivity contribution in [1.29, 1.82) is 0 Å². The molecule has 2 aromatic rings. The number of benzene rings is 1. The number of alkyl halides is 3. The van der Waals surface area contributed by atoms with Crippen molar-refractivity contribution in [1.82, 2.24) is 4.98 Å². The highest BCUT2D eigenvalue weighted by Crippen LogP contribution is 2.36. The number of aromatic nitrogens is 1. The average molecular weight is 397 g/mol. The van der Waals surface area contributed by atoms with Crippen molar-refractivity contribution in [3.05, 3.63) is 33.2 Å². The first-order chi connectivity index (χ1) is 10.3. The van der Waals surface area contributed by atoms with Crippen LogP contribution in [0, 0.1) is 0 Å². The number of nitrogens with zero attached hydrogens (tertiary/aromatic N) is 1. The van der Waals surface area contributed by atoms with E-state index in [0.29, 0.717) is 29.4 Å². The highest BCUT2D eigenvalue weighted by molar-refractivity contribution is 9.10. The molecule has 0 aliphatic rings. The first-order valence-corrected chi connectivity index (χ1v) is 7.63. The zero-order chi connectivity index (χ0) is 16.3. The molecule has 2 rings (SSSR count). The quantitative estimate of drug-likeness (QED) is 0.804. The first-order valence-electron chi connectivity index (χ1n) is 6.02. The molecule has 1 aromatic carbocycles. The standard InChI is InChI=1S/C13H12BrF3N2O2S/c1-20-9-3-7(8(14)4-10(9)21-2)5-18-12-19-6-11(22-12)13(15,16)17/h3-4,6H,5H2,1-2H3,(H,18,19). The van der Waals surface area contributed by atoms with Crippen LogP contribution in [0.25, 0.3) is 0 Å². The predicted molar refractivity (Wildman–Crippen MR) is 81.7 cm³/mol. The molecule has 1 N–H and O–H groups in total. The van der Waals surface area contributed by atoms with Gasteiger partial charge in [-0.15, -0.1) is 0 Å². The number of hydrogen-bond acceptors (Lipinski definition) is 5. The van der Waals surface area contributed by atoms with Crippen LogP contribution in [0.1, 0.15) is 10.4 Å². The van der Waals surface area contributed by atoms with Crippen LogP contribution in [-0.2, 0) is 12.7 Å². The SMILES string of the molecule is COc1cc(Br)c(CNc2ncc(C(F)(F)F)s2)cc1OC. The van der Waals surface area contributed by atoms with Gasteiger partial charge in [-0.25, -0.2) is 4.98 Å². The number of hydrogen-bond donors (Lipinski definition) is 1. The van der Waals surface area contributed by atoms with Crippen molar-refractivity contribution in [2.75, 3.05) is 19.5 Å². The van der Waals surface area contributed by atoms with E-state index in [0.717, 1.165) is 16.2 Å². The Bertz CT molecular complexity index is 661. The van der Waals surface area contributed by atoms with E-state index < -0.39 is 11.1 Å². The van der Waals surface area contributed by atoms with Crippen LogP contribution in [0.4, 0.5) is 18.3 Å². The highest BCUT2D eigenvalue weighted by Gasteiger charge is 2.33. The molecule has 120 valence electrons. The van der Waals surface area contributed by atoms with Crippen molar-refractivity contribution in [3.63, 3.8) is 0 Å². The summed E-state index contributed by atoms with van der Waals surface area (Å²) in [5, 5.41) is 3.07. The van der Waals surface area contributed by atoms with E-state index in [1.54, 1.807) is 12.1 Å². The summed E-state index contributed by atoms with van der Waals surface area (Å²) in [4.78, 5) is 2.99. The van der Waals surface area contributed by atoms with Crippen molar-refractivity contribution in [2.45, 2.75) is 12.7 Å². The van der Waals surface area contributed by atoms with E-state index in [-0.39, 0.29) is 5.13 Å². The van der Waals surface area contributed by atoms with Gasteiger partial charge in [0.25, 0.3) is 0 Å². The van der Waals surface area contributed by atoms with Crippen LogP contribution in [0.15, 0.2) is 22.8 Å².